The summed E-state index contributed by atoms with van der Waals surface area (Å²) in [5.74, 6) is 0.00136. The molecule has 1 heterocycles. The topological polar surface area (TPSA) is 55.8 Å². The Kier molecular flexibility index (Phi) is 7.92. The van der Waals surface area contributed by atoms with Crippen molar-refractivity contribution in [3.8, 4) is 11.5 Å². The number of amides is 1. The standard InChI is InChI=1S/C25H17ClINO4S2/c1-2-31-21-12-15(10-11-20(21)32-24(30)18-8-3-4-9-19(18)27)13-22-23(29)28(25(33)34-22)17-7-5-6-16(26)14-17/h3-14H,2H2,1H3/b22-13+. The van der Waals surface area contributed by atoms with Crippen LogP contribution >= 0.6 is 58.2 Å². The van der Waals surface area contributed by atoms with Crippen LogP contribution in [0.15, 0.2) is 71.6 Å². The normalized spacial score (nSPS) is 14.6. The van der Waals surface area contributed by atoms with Crippen molar-refractivity contribution in [2.24, 2.45) is 0 Å². The van der Waals surface area contributed by atoms with Crippen molar-refractivity contribution < 1.29 is 19.1 Å². The smallest absolute Gasteiger partial charge is 0.344 e. The number of esters is 1. The highest BCUT2D eigenvalue weighted by molar-refractivity contribution is 14.1. The molecule has 1 fully saturated rings. The first-order valence-electron chi connectivity index (χ1n) is 10.1. The molecule has 0 saturated carbocycles. The van der Waals surface area contributed by atoms with Gasteiger partial charge in [0.05, 0.1) is 22.8 Å². The Morgan fingerprint density at radius 3 is 2.65 bits per heavy atom. The average Bonchev–Trinajstić information content (AvgIpc) is 3.08. The fraction of sp³-hybridized carbons (Fsp3) is 0.0800. The number of anilines is 1. The summed E-state index contributed by atoms with van der Waals surface area (Å²) in [6.07, 6.45) is 1.73. The van der Waals surface area contributed by atoms with Gasteiger partial charge >= 0.3 is 5.97 Å². The van der Waals surface area contributed by atoms with Crippen molar-refractivity contribution in [1.29, 1.82) is 0 Å². The Bertz CT molecular complexity index is 1330. The molecule has 0 bridgehead atoms. The van der Waals surface area contributed by atoms with E-state index < -0.39 is 5.97 Å². The van der Waals surface area contributed by atoms with Gasteiger partial charge in [-0.3, -0.25) is 9.69 Å². The van der Waals surface area contributed by atoms with Crippen LogP contribution in [0.25, 0.3) is 6.08 Å². The number of carbonyl (C=O) groups excluding carboxylic acids is 2. The number of rotatable bonds is 6. The number of thioether (sulfide) groups is 1. The monoisotopic (exact) mass is 621 g/mol. The van der Waals surface area contributed by atoms with E-state index in [1.165, 1.54) is 16.7 Å². The fourth-order valence-corrected chi connectivity index (χ4v) is 5.30. The second-order valence-corrected chi connectivity index (χ2v) is 10.3. The largest absolute Gasteiger partial charge is 0.490 e. The molecule has 0 unspecified atom stereocenters. The number of carbonyl (C=O) groups is 2. The second-order valence-electron chi connectivity index (χ2n) is 7.01. The van der Waals surface area contributed by atoms with Crippen molar-refractivity contribution in [2.45, 2.75) is 6.92 Å². The highest BCUT2D eigenvalue weighted by Crippen LogP contribution is 2.38. The molecule has 4 rings (SSSR count). The summed E-state index contributed by atoms with van der Waals surface area (Å²) in [5.41, 5.74) is 1.80. The third kappa shape index (κ3) is 5.46. The van der Waals surface area contributed by atoms with E-state index in [1.54, 1.807) is 60.7 Å². The summed E-state index contributed by atoms with van der Waals surface area (Å²) in [7, 11) is 0. The number of nitrogens with zero attached hydrogens (tertiary/aromatic N) is 1. The highest BCUT2D eigenvalue weighted by Gasteiger charge is 2.33. The van der Waals surface area contributed by atoms with Crippen LogP contribution in [-0.4, -0.2) is 22.8 Å². The predicted octanol–water partition coefficient (Wildman–Crippen LogP) is 6.97. The van der Waals surface area contributed by atoms with Crippen LogP contribution in [0.5, 0.6) is 11.5 Å². The molecule has 0 atom stereocenters. The van der Waals surface area contributed by atoms with Crippen LogP contribution in [0.4, 0.5) is 5.69 Å². The molecule has 0 radical (unpaired) electrons. The third-order valence-electron chi connectivity index (χ3n) is 4.72. The van der Waals surface area contributed by atoms with Crippen LogP contribution in [0, 0.1) is 3.57 Å². The molecule has 0 aliphatic carbocycles. The maximum absolute atomic E-state index is 13.0. The van der Waals surface area contributed by atoms with Crippen LogP contribution in [0.3, 0.4) is 0 Å². The minimum absolute atomic E-state index is 0.232. The molecular weight excluding hydrogens is 605 g/mol. The molecule has 1 aliphatic rings. The summed E-state index contributed by atoms with van der Waals surface area (Å²) in [6.45, 7) is 2.22. The predicted molar refractivity (Wildman–Crippen MR) is 149 cm³/mol. The SMILES string of the molecule is CCOc1cc(/C=C2/SC(=S)N(c3cccc(Cl)c3)C2=O)ccc1OC(=O)c1ccccc1I. The van der Waals surface area contributed by atoms with Gasteiger partial charge < -0.3 is 9.47 Å². The Hall–Kier alpha value is -2.40. The van der Waals surface area contributed by atoms with Crippen molar-refractivity contribution >= 4 is 86.1 Å². The van der Waals surface area contributed by atoms with Crippen LogP contribution in [-0.2, 0) is 4.79 Å². The van der Waals surface area contributed by atoms with Gasteiger partial charge in [0.2, 0.25) is 0 Å². The summed E-state index contributed by atoms with van der Waals surface area (Å²) >= 11 is 14.8. The molecule has 34 heavy (non-hydrogen) atoms. The molecule has 3 aromatic rings. The highest BCUT2D eigenvalue weighted by atomic mass is 127. The zero-order chi connectivity index (χ0) is 24.2. The molecule has 0 spiro atoms. The van der Waals surface area contributed by atoms with E-state index in [4.69, 9.17) is 33.3 Å². The number of hydrogen-bond acceptors (Lipinski definition) is 6. The van der Waals surface area contributed by atoms with Gasteiger partial charge in [-0.2, -0.15) is 0 Å². The average molecular weight is 622 g/mol. The van der Waals surface area contributed by atoms with E-state index in [0.717, 1.165) is 3.57 Å². The van der Waals surface area contributed by atoms with E-state index in [2.05, 4.69) is 22.6 Å². The van der Waals surface area contributed by atoms with Gasteiger partial charge in [-0.1, -0.05) is 59.8 Å². The van der Waals surface area contributed by atoms with Gasteiger partial charge in [0.25, 0.3) is 5.91 Å². The van der Waals surface area contributed by atoms with Gasteiger partial charge in [-0.15, -0.1) is 0 Å². The molecule has 1 saturated heterocycles. The van der Waals surface area contributed by atoms with Crippen LogP contribution in [0.2, 0.25) is 5.02 Å². The molecule has 0 aromatic heterocycles. The summed E-state index contributed by atoms with van der Waals surface area (Å²) in [5, 5.41) is 0.521. The third-order valence-corrected chi connectivity index (χ3v) is 7.20. The Balaban J connectivity index is 1.60. The van der Waals surface area contributed by atoms with Crippen molar-refractivity contribution in [2.75, 3.05) is 11.5 Å². The zero-order valence-electron chi connectivity index (χ0n) is 17.8. The first kappa shape index (κ1) is 24.7. The van der Waals surface area contributed by atoms with Crippen molar-refractivity contribution in [1.82, 2.24) is 0 Å². The lowest BCUT2D eigenvalue weighted by Crippen LogP contribution is -2.27. The first-order valence-corrected chi connectivity index (χ1v) is 12.8. The van der Waals surface area contributed by atoms with E-state index in [1.807, 2.05) is 19.1 Å². The van der Waals surface area contributed by atoms with Crippen molar-refractivity contribution in [3.63, 3.8) is 0 Å². The lowest BCUT2D eigenvalue weighted by molar-refractivity contribution is -0.113. The molecule has 172 valence electrons. The Morgan fingerprint density at radius 1 is 1.12 bits per heavy atom. The number of halogens is 2. The molecular formula is C25H17ClINO4S2. The number of thiocarbonyl (C=S) groups is 1. The maximum atomic E-state index is 13.0. The second kappa shape index (κ2) is 10.9. The van der Waals surface area contributed by atoms with Gasteiger partial charge in [0, 0.05) is 8.59 Å². The number of hydrogen-bond donors (Lipinski definition) is 0. The van der Waals surface area contributed by atoms with Gasteiger partial charge in [-0.25, -0.2) is 4.79 Å². The van der Waals surface area contributed by atoms with E-state index in [0.29, 0.717) is 49.2 Å². The maximum Gasteiger partial charge on any atom is 0.344 e. The van der Waals surface area contributed by atoms with E-state index >= 15 is 0 Å². The van der Waals surface area contributed by atoms with E-state index in [-0.39, 0.29) is 5.91 Å². The van der Waals surface area contributed by atoms with E-state index in [9.17, 15) is 9.59 Å². The summed E-state index contributed by atoms with van der Waals surface area (Å²) in [4.78, 5) is 27.6. The molecule has 1 aliphatic heterocycles. The fourth-order valence-electron chi connectivity index (χ4n) is 3.21. The Morgan fingerprint density at radius 2 is 1.91 bits per heavy atom. The van der Waals surface area contributed by atoms with Gasteiger partial charge in [0.1, 0.15) is 0 Å². The minimum atomic E-state index is -0.471. The summed E-state index contributed by atoms with van der Waals surface area (Å²) < 4.78 is 12.5. The Labute approximate surface area is 225 Å². The molecule has 9 heteroatoms. The van der Waals surface area contributed by atoms with Gasteiger partial charge in [0.15, 0.2) is 15.8 Å². The molecule has 0 N–H and O–H groups in total. The summed E-state index contributed by atoms with van der Waals surface area (Å²) in [6, 6.07) is 19.3. The lowest BCUT2D eigenvalue weighted by atomic mass is 10.1. The van der Waals surface area contributed by atoms with Crippen LogP contribution < -0.4 is 14.4 Å². The number of ether oxygens (including phenoxy) is 2. The lowest BCUT2D eigenvalue weighted by Gasteiger charge is -2.14. The molecule has 5 nitrogen and oxygen atoms in total. The number of benzene rings is 3. The van der Waals surface area contributed by atoms with Crippen molar-refractivity contribution in [3.05, 3.63) is 91.4 Å². The minimum Gasteiger partial charge on any atom is -0.490 e. The molecule has 1 amide bonds. The first-order chi connectivity index (χ1) is 16.4. The van der Waals surface area contributed by atoms with Gasteiger partial charge in [-0.05, 0) is 83.6 Å². The zero-order valence-corrected chi connectivity index (χ0v) is 22.3. The molecule has 3 aromatic carbocycles. The quantitative estimate of drug-likeness (QED) is 0.0975. The van der Waals surface area contributed by atoms with Crippen LogP contribution in [0.1, 0.15) is 22.8 Å².